The minimum absolute atomic E-state index is 0.0794. The topological polar surface area (TPSA) is 78.8 Å². The third-order valence-electron chi connectivity index (χ3n) is 2.71. The second kappa shape index (κ2) is 7.10. The summed E-state index contributed by atoms with van der Waals surface area (Å²) in [5.41, 5.74) is 1.21. The number of likely N-dealkylation sites (N-methyl/N-ethyl adjacent to an activating group) is 1. The first-order valence-electron chi connectivity index (χ1n) is 5.75. The van der Waals surface area contributed by atoms with Crippen molar-refractivity contribution >= 4 is 5.97 Å². The largest absolute Gasteiger partial charge is 0.469 e. The lowest BCUT2D eigenvalue weighted by Crippen LogP contribution is -2.30. The van der Waals surface area contributed by atoms with Gasteiger partial charge in [0.2, 0.25) is 0 Å². The third-order valence-corrected chi connectivity index (χ3v) is 2.71. The van der Waals surface area contributed by atoms with Crippen molar-refractivity contribution in [2.75, 3.05) is 20.7 Å². The fourth-order valence-corrected chi connectivity index (χ4v) is 1.74. The van der Waals surface area contributed by atoms with Crippen LogP contribution in [-0.2, 0) is 16.0 Å². The van der Waals surface area contributed by atoms with Crippen LogP contribution in [0.5, 0.6) is 0 Å². The van der Waals surface area contributed by atoms with E-state index in [1.165, 1.54) is 7.11 Å². The van der Waals surface area contributed by atoms with Crippen LogP contribution >= 0.6 is 0 Å². The van der Waals surface area contributed by atoms with Crippen LogP contribution in [0.3, 0.4) is 0 Å². The van der Waals surface area contributed by atoms with Crippen molar-refractivity contribution in [1.29, 1.82) is 0 Å². The molecule has 0 spiro atoms. The molecule has 0 amide bonds. The zero-order valence-corrected chi connectivity index (χ0v) is 10.6. The normalized spacial score (nSPS) is 14.0. The van der Waals surface area contributed by atoms with Crippen molar-refractivity contribution in [2.24, 2.45) is 0 Å². The first kappa shape index (κ1) is 14.6. The summed E-state index contributed by atoms with van der Waals surface area (Å²) < 4.78 is 4.60. The van der Waals surface area contributed by atoms with Crippen molar-refractivity contribution in [2.45, 2.75) is 18.6 Å². The number of esters is 1. The summed E-state index contributed by atoms with van der Waals surface area (Å²) in [5.74, 6) is -0.377. The smallest absolute Gasteiger partial charge is 0.309 e. The number of carbonyl (C=O) groups excluding carboxylic acids is 1. The highest BCUT2D eigenvalue weighted by Crippen LogP contribution is 2.21. The Kier molecular flexibility index (Phi) is 5.77. The zero-order chi connectivity index (χ0) is 13.5. The van der Waals surface area contributed by atoms with E-state index in [1.54, 1.807) is 31.3 Å². The van der Waals surface area contributed by atoms with Gasteiger partial charge in [0.15, 0.2) is 0 Å². The molecular formula is C13H19NO4. The molecule has 0 heterocycles. The van der Waals surface area contributed by atoms with Crippen LogP contribution in [0.1, 0.15) is 17.2 Å². The Morgan fingerprint density at radius 2 is 2.06 bits per heavy atom. The minimum Gasteiger partial charge on any atom is -0.469 e. The van der Waals surface area contributed by atoms with E-state index in [2.05, 4.69) is 10.1 Å². The number of aliphatic hydroxyl groups is 2. The fourth-order valence-electron chi connectivity index (χ4n) is 1.74. The highest BCUT2D eigenvalue weighted by Gasteiger charge is 2.21. The quantitative estimate of drug-likeness (QED) is 0.623. The van der Waals surface area contributed by atoms with Crippen LogP contribution in [0, 0.1) is 0 Å². The Hall–Kier alpha value is -1.43. The van der Waals surface area contributed by atoms with E-state index in [1.807, 2.05) is 0 Å². The summed E-state index contributed by atoms with van der Waals surface area (Å²) in [6.45, 7) is 0.272. The van der Waals surface area contributed by atoms with Gasteiger partial charge in [0.05, 0.1) is 19.6 Å². The van der Waals surface area contributed by atoms with E-state index < -0.39 is 12.2 Å². The molecule has 0 radical (unpaired) electrons. The van der Waals surface area contributed by atoms with Gasteiger partial charge in [-0.05, 0) is 18.2 Å². The number of hydrogen-bond acceptors (Lipinski definition) is 5. The van der Waals surface area contributed by atoms with Gasteiger partial charge in [0.25, 0.3) is 0 Å². The molecule has 0 fully saturated rings. The second-order valence-electron chi connectivity index (χ2n) is 4.02. The van der Waals surface area contributed by atoms with E-state index in [9.17, 15) is 15.0 Å². The van der Waals surface area contributed by atoms with Gasteiger partial charge in [-0.15, -0.1) is 0 Å². The molecule has 0 saturated heterocycles. The number of benzene rings is 1. The number of ether oxygens (including phenoxy) is 1. The zero-order valence-electron chi connectivity index (χ0n) is 10.6. The van der Waals surface area contributed by atoms with Crippen LogP contribution < -0.4 is 5.32 Å². The first-order chi connectivity index (χ1) is 8.60. The fraction of sp³-hybridized carbons (Fsp3) is 0.462. The minimum atomic E-state index is -1.03. The standard InChI is InChI=1S/C13H19NO4/c1-14-8-11(15)13(17)10-6-4-3-5-9(10)7-12(16)18-2/h3-6,11,13-15,17H,7-8H2,1-2H3. The highest BCUT2D eigenvalue weighted by molar-refractivity contribution is 5.72. The molecule has 0 bridgehead atoms. The first-order valence-corrected chi connectivity index (χ1v) is 5.75. The number of methoxy groups -OCH3 is 1. The van der Waals surface area contributed by atoms with Crippen molar-refractivity contribution < 1.29 is 19.7 Å². The van der Waals surface area contributed by atoms with Gasteiger partial charge in [-0.2, -0.15) is 0 Å². The Bertz CT molecular complexity index is 394. The van der Waals surface area contributed by atoms with Crippen LogP contribution in [0.15, 0.2) is 24.3 Å². The van der Waals surface area contributed by atoms with Crippen molar-refractivity contribution in [3.8, 4) is 0 Å². The average Bonchev–Trinajstić information content (AvgIpc) is 2.38. The molecule has 0 aromatic heterocycles. The Morgan fingerprint density at radius 1 is 1.39 bits per heavy atom. The molecule has 5 heteroatoms. The van der Waals surface area contributed by atoms with Crippen LogP contribution in [0.2, 0.25) is 0 Å². The molecule has 18 heavy (non-hydrogen) atoms. The van der Waals surface area contributed by atoms with Gasteiger partial charge in [-0.1, -0.05) is 24.3 Å². The second-order valence-corrected chi connectivity index (χ2v) is 4.02. The van der Waals surface area contributed by atoms with Crippen molar-refractivity contribution in [1.82, 2.24) is 5.32 Å². The van der Waals surface area contributed by atoms with E-state index in [0.29, 0.717) is 11.1 Å². The molecule has 1 aromatic carbocycles. The number of carbonyl (C=O) groups is 1. The van der Waals surface area contributed by atoms with E-state index in [4.69, 9.17) is 0 Å². The molecule has 0 aliphatic rings. The summed E-state index contributed by atoms with van der Waals surface area (Å²) in [7, 11) is 3.01. The number of aliphatic hydroxyl groups excluding tert-OH is 2. The third kappa shape index (κ3) is 3.80. The number of nitrogens with one attached hydrogen (secondary N) is 1. The molecule has 0 aliphatic carbocycles. The van der Waals surface area contributed by atoms with Gasteiger partial charge in [0, 0.05) is 6.54 Å². The molecule has 0 saturated carbocycles. The average molecular weight is 253 g/mol. The van der Waals surface area contributed by atoms with Gasteiger partial charge in [-0.25, -0.2) is 0 Å². The Morgan fingerprint density at radius 3 is 2.67 bits per heavy atom. The monoisotopic (exact) mass is 253 g/mol. The maximum absolute atomic E-state index is 11.3. The van der Waals surface area contributed by atoms with Crippen molar-refractivity contribution in [3.05, 3.63) is 35.4 Å². The summed E-state index contributed by atoms with van der Waals surface area (Å²) in [6, 6.07) is 6.97. The number of rotatable bonds is 6. The van der Waals surface area contributed by atoms with Crippen molar-refractivity contribution in [3.63, 3.8) is 0 Å². The number of hydrogen-bond donors (Lipinski definition) is 3. The highest BCUT2D eigenvalue weighted by atomic mass is 16.5. The van der Waals surface area contributed by atoms with E-state index in [0.717, 1.165) is 0 Å². The molecule has 100 valence electrons. The van der Waals surface area contributed by atoms with Crippen LogP contribution in [-0.4, -0.2) is 43.0 Å². The predicted octanol–water partition coefficient (Wildman–Crippen LogP) is 0.0158. The molecule has 1 rings (SSSR count). The predicted molar refractivity (Wildman–Crippen MR) is 67.1 cm³/mol. The lowest BCUT2D eigenvalue weighted by Gasteiger charge is -2.20. The van der Waals surface area contributed by atoms with Gasteiger partial charge in [0.1, 0.15) is 6.10 Å². The molecule has 0 aliphatic heterocycles. The summed E-state index contributed by atoms with van der Waals surface area (Å²) in [4.78, 5) is 11.3. The lowest BCUT2D eigenvalue weighted by molar-refractivity contribution is -0.139. The van der Waals surface area contributed by atoms with Gasteiger partial charge < -0.3 is 20.3 Å². The SMILES string of the molecule is CNCC(O)C(O)c1ccccc1CC(=O)OC. The van der Waals surface area contributed by atoms with E-state index in [-0.39, 0.29) is 18.9 Å². The molecule has 5 nitrogen and oxygen atoms in total. The summed E-state index contributed by atoms with van der Waals surface area (Å²) in [5, 5.41) is 22.6. The lowest BCUT2D eigenvalue weighted by atomic mass is 9.96. The molecule has 2 unspecified atom stereocenters. The molecule has 2 atom stereocenters. The molecular weight excluding hydrogens is 234 g/mol. The molecule has 3 N–H and O–H groups in total. The van der Waals surface area contributed by atoms with E-state index >= 15 is 0 Å². The van der Waals surface area contributed by atoms with Crippen LogP contribution in [0.25, 0.3) is 0 Å². The maximum Gasteiger partial charge on any atom is 0.309 e. The summed E-state index contributed by atoms with van der Waals surface area (Å²) >= 11 is 0. The Balaban J connectivity index is 2.90. The Labute approximate surface area is 106 Å². The summed E-state index contributed by atoms with van der Waals surface area (Å²) in [6.07, 6.45) is -1.87. The van der Waals surface area contributed by atoms with Gasteiger partial charge in [-0.3, -0.25) is 4.79 Å². The van der Waals surface area contributed by atoms with Gasteiger partial charge >= 0.3 is 5.97 Å². The van der Waals surface area contributed by atoms with Crippen LogP contribution in [0.4, 0.5) is 0 Å². The maximum atomic E-state index is 11.3. The molecule has 1 aromatic rings.